The molecule has 0 spiro atoms. The van der Waals surface area contributed by atoms with Crippen LogP contribution < -0.4 is 4.74 Å². The molecule has 4 rings (SSSR count). The van der Waals surface area contributed by atoms with Crippen LogP contribution in [0.1, 0.15) is 17.2 Å². The zero-order chi connectivity index (χ0) is 27.3. The zero-order valence-corrected chi connectivity index (χ0v) is 21.6. The van der Waals surface area contributed by atoms with Crippen LogP contribution in [0.3, 0.4) is 0 Å². The van der Waals surface area contributed by atoms with Gasteiger partial charge < -0.3 is 9.47 Å². The fourth-order valence-corrected chi connectivity index (χ4v) is 5.66. The number of halogens is 5. The van der Waals surface area contributed by atoms with Crippen molar-refractivity contribution in [1.82, 2.24) is 9.21 Å². The number of nitrogens with zero attached hydrogens (tertiary/aromatic N) is 2. The van der Waals surface area contributed by atoms with Gasteiger partial charge in [0.15, 0.2) is 0 Å². The van der Waals surface area contributed by atoms with E-state index in [1.807, 2.05) is 4.90 Å². The zero-order valence-electron chi connectivity index (χ0n) is 20.1. The molecule has 0 aromatic heterocycles. The third kappa shape index (κ3) is 7.03. The maximum atomic E-state index is 14.1. The second-order valence-electron chi connectivity index (χ2n) is 8.61. The van der Waals surface area contributed by atoms with Crippen LogP contribution in [0, 0.1) is 11.6 Å². The molecule has 0 aliphatic carbocycles. The highest BCUT2D eigenvalue weighted by Gasteiger charge is 2.30. The number of benzene rings is 3. The molecule has 1 aliphatic rings. The average Bonchev–Trinajstić information content (AvgIpc) is 2.88. The molecular weight excluding hydrogens is 548 g/mol. The van der Waals surface area contributed by atoms with Crippen LogP contribution in [0.25, 0.3) is 0 Å². The number of sulfonamides is 1. The van der Waals surface area contributed by atoms with Gasteiger partial charge in [0, 0.05) is 43.3 Å². The summed E-state index contributed by atoms with van der Waals surface area (Å²) < 4.78 is 90.6. The van der Waals surface area contributed by atoms with Crippen molar-refractivity contribution >= 4 is 21.6 Å². The summed E-state index contributed by atoms with van der Waals surface area (Å²) in [5.41, 5.74) is 0.583. The fourth-order valence-electron chi connectivity index (χ4n) is 4.12. The van der Waals surface area contributed by atoms with E-state index in [1.54, 1.807) is 24.3 Å². The quantitative estimate of drug-likeness (QED) is 0.301. The van der Waals surface area contributed by atoms with Gasteiger partial charge in [-0.25, -0.2) is 17.2 Å². The highest BCUT2D eigenvalue weighted by molar-refractivity contribution is 7.89. The lowest BCUT2D eigenvalue weighted by atomic mass is 10.1. The fraction of sp³-hybridized carbons (Fsp3) is 0.308. The molecule has 0 saturated carbocycles. The minimum absolute atomic E-state index is 0.0261. The maximum absolute atomic E-state index is 14.1. The minimum Gasteiger partial charge on any atom is -0.435 e. The highest BCUT2D eigenvalue weighted by atomic mass is 35.5. The maximum Gasteiger partial charge on any atom is 0.387 e. The first kappa shape index (κ1) is 28.3. The van der Waals surface area contributed by atoms with Gasteiger partial charge in [-0.2, -0.15) is 13.1 Å². The predicted molar refractivity (Wildman–Crippen MR) is 134 cm³/mol. The molecule has 6 nitrogen and oxygen atoms in total. The number of ether oxygens (including phenoxy) is 2. The van der Waals surface area contributed by atoms with Crippen LogP contribution in [0.2, 0.25) is 5.02 Å². The highest BCUT2D eigenvalue weighted by Crippen LogP contribution is 2.26. The van der Waals surface area contributed by atoms with Crippen molar-refractivity contribution < 1.29 is 35.5 Å². The van der Waals surface area contributed by atoms with Gasteiger partial charge in [0.25, 0.3) is 0 Å². The van der Waals surface area contributed by atoms with Gasteiger partial charge in [0.1, 0.15) is 17.4 Å². The summed E-state index contributed by atoms with van der Waals surface area (Å²) in [4.78, 5) is 1.98. The topological polar surface area (TPSA) is 59.1 Å². The van der Waals surface area contributed by atoms with Gasteiger partial charge in [0.05, 0.1) is 17.6 Å². The summed E-state index contributed by atoms with van der Waals surface area (Å²) in [6, 6.07) is 15.4. The number of hydrogen-bond donors (Lipinski definition) is 0. The second kappa shape index (κ2) is 12.4. The van der Waals surface area contributed by atoms with E-state index >= 15 is 0 Å². The Morgan fingerprint density at radius 2 is 1.47 bits per heavy atom. The van der Waals surface area contributed by atoms with Crippen molar-refractivity contribution in [2.24, 2.45) is 0 Å². The molecule has 1 heterocycles. The smallest absolute Gasteiger partial charge is 0.387 e. The average molecular weight is 573 g/mol. The molecule has 3 aromatic rings. The molecular formula is C26H25ClF4N2O4S. The molecule has 1 atom stereocenters. The van der Waals surface area contributed by atoms with Crippen LogP contribution in [0.15, 0.2) is 71.6 Å². The molecule has 1 saturated heterocycles. The summed E-state index contributed by atoms with van der Waals surface area (Å²) >= 11 is 6.01. The van der Waals surface area contributed by atoms with Crippen molar-refractivity contribution in [2.45, 2.75) is 24.2 Å². The summed E-state index contributed by atoms with van der Waals surface area (Å²) in [6.07, 6.45) is -0.559. The third-order valence-corrected chi connectivity index (χ3v) is 8.34. The van der Waals surface area contributed by atoms with Crippen LogP contribution in [-0.2, 0) is 21.4 Å². The Balaban J connectivity index is 1.41. The molecule has 0 bridgehead atoms. The van der Waals surface area contributed by atoms with Crippen LogP contribution in [-0.4, -0.2) is 57.0 Å². The molecule has 204 valence electrons. The van der Waals surface area contributed by atoms with Crippen molar-refractivity contribution in [3.63, 3.8) is 0 Å². The normalized spacial score (nSPS) is 16.1. The van der Waals surface area contributed by atoms with Crippen molar-refractivity contribution in [1.29, 1.82) is 0 Å². The molecule has 1 aliphatic heterocycles. The second-order valence-corrected chi connectivity index (χ2v) is 11.0. The Hall–Kier alpha value is -2.70. The molecule has 0 N–H and O–H groups in total. The first-order valence-electron chi connectivity index (χ1n) is 11.7. The van der Waals surface area contributed by atoms with Gasteiger partial charge in [-0.05, 0) is 54.1 Å². The van der Waals surface area contributed by atoms with E-state index in [1.165, 1.54) is 34.6 Å². The number of alkyl halides is 2. The molecule has 3 aromatic carbocycles. The molecule has 0 radical (unpaired) electrons. The lowest BCUT2D eigenvalue weighted by Gasteiger charge is -2.36. The molecule has 0 amide bonds. The summed E-state index contributed by atoms with van der Waals surface area (Å²) in [7, 11) is -3.84. The number of piperazine rings is 1. The van der Waals surface area contributed by atoms with Gasteiger partial charge in [-0.15, -0.1) is 0 Å². The van der Waals surface area contributed by atoms with E-state index < -0.39 is 34.4 Å². The minimum atomic E-state index is -3.84. The van der Waals surface area contributed by atoms with E-state index in [0.717, 1.165) is 17.7 Å². The van der Waals surface area contributed by atoms with E-state index in [0.29, 0.717) is 24.7 Å². The van der Waals surface area contributed by atoms with Crippen molar-refractivity contribution in [2.75, 3.05) is 32.7 Å². The summed E-state index contributed by atoms with van der Waals surface area (Å²) in [5, 5.41) is 0.528. The Bertz CT molecular complexity index is 1300. The largest absolute Gasteiger partial charge is 0.435 e. The lowest BCUT2D eigenvalue weighted by Crippen LogP contribution is -2.49. The third-order valence-electron chi connectivity index (χ3n) is 6.17. The Morgan fingerprint density at radius 3 is 2.05 bits per heavy atom. The summed E-state index contributed by atoms with van der Waals surface area (Å²) in [6.45, 7) is -1.80. The molecule has 1 fully saturated rings. The Kier molecular flexibility index (Phi) is 9.27. The summed E-state index contributed by atoms with van der Waals surface area (Å²) in [5.74, 6) is -1.53. The first-order chi connectivity index (χ1) is 18.1. The monoisotopic (exact) mass is 572 g/mol. The van der Waals surface area contributed by atoms with Gasteiger partial charge >= 0.3 is 6.61 Å². The molecule has 38 heavy (non-hydrogen) atoms. The van der Waals surface area contributed by atoms with Crippen LogP contribution in [0.4, 0.5) is 17.6 Å². The van der Waals surface area contributed by atoms with Crippen LogP contribution in [0.5, 0.6) is 5.75 Å². The van der Waals surface area contributed by atoms with E-state index in [-0.39, 0.29) is 35.9 Å². The Morgan fingerprint density at radius 1 is 0.868 bits per heavy atom. The van der Waals surface area contributed by atoms with E-state index in [4.69, 9.17) is 16.3 Å². The Labute approximate surface area is 223 Å². The number of hydrogen-bond acceptors (Lipinski definition) is 5. The molecule has 12 heteroatoms. The van der Waals surface area contributed by atoms with Gasteiger partial charge in [0.2, 0.25) is 10.0 Å². The predicted octanol–water partition coefficient (Wildman–Crippen LogP) is 5.48. The lowest BCUT2D eigenvalue weighted by molar-refractivity contribution is -0.0498. The van der Waals surface area contributed by atoms with Crippen molar-refractivity contribution in [3.8, 4) is 5.75 Å². The van der Waals surface area contributed by atoms with Crippen molar-refractivity contribution in [3.05, 3.63) is 94.5 Å². The van der Waals surface area contributed by atoms with E-state index in [9.17, 15) is 26.0 Å². The van der Waals surface area contributed by atoms with Gasteiger partial charge in [-0.3, -0.25) is 4.90 Å². The van der Waals surface area contributed by atoms with Crippen LogP contribution >= 0.6 is 11.6 Å². The first-order valence-corrected chi connectivity index (χ1v) is 13.5. The molecule has 1 unspecified atom stereocenters. The SMILES string of the molecule is O=S(=O)(c1ccc(OC(F)F)cc1)N1CCN(CC(OCc2c(F)cccc2F)c2ccc(Cl)cc2)CC1. The standard InChI is InChI=1S/C26H25ClF4N2O4S/c27-19-6-4-18(5-7-19)25(36-17-22-23(28)2-1-3-24(22)29)16-32-12-14-33(15-13-32)38(34,35)21-10-8-20(9-11-21)37-26(30)31/h1-11,25-26H,12-17H2. The van der Waals surface area contributed by atoms with Gasteiger partial charge in [-0.1, -0.05) is 29.8 Å². The van der Waals surface area contributed by atoms with E-state index in [2.05, 4.69) is 4.74 Å². The number of rotatable bonds is 10.